The zero-order valence-corrected chi connectivity index (χ0v) is 7.11. The third-order valence-electron chi connectivity index (χ3n) is 2.46. The van der Waals surface area contributed by atoms with Gasteiger partial charge in [0.2, 0.25) is 0 Å². The average molecular weight is 186 g/mol. The first kappa shape index (κ1) is 8.84. The minimum Gasteiger partial charge on any atom is -0.355 e. The second kappa shape index (κ2) is 3.55. The summed E-state index contributed by atoms with van der Waals surface area (Å²) in [6.07, 6.45) is 1.13. The molecule has 2 rings (SSSR count). The molecule has 72 valence electrons. The Balaban J connectivity index is 2.19. The topological polar surface area (TPSA) is 35.5 Å². The zero-order valence-electron chi connectivity index (χ0n) is 7.11. The highest BCUT2D eigenvalue weighted by Gasteiger charge is 2.35. The molecule has 3 atom stereocenters. The molecule has 3 nitrogen and oxygen atoms in total. The molecule has 0 aromatic rings. The minimum absolute atomic E-state index is 0.00560. The third-order valence-corrected chi connectivity index (χ3v) is 2.46. The van der Waals surface area contributed by atoms with Crippen LogP contribution in [-0.4, -0.2) is 32.0 Å². The van der Waals surface area contributed by atoms with Crippen molar-refractivity contribution in [2.75, 3.05) is 13.4 Å². The summed E-state index contributed by atoms with van der Waals surface area (Å²) in [5, 5.41) is 0. The van der Waals surface area contributed by atoms with Gasteiger partial charge in [0, 0.05) is 11.5 Å². The summed E-state index contributed by atoms with van der Waals surface area (Å²) in [5.41, 5.74) is 0.423. The predicted molar refractivity (Wildman–Crippen MR) is 42.8 cm³/mol. The molecule has 0 aromatic heterocycles. The average Bonchev–Trinajstić information content (AvgIpc) is 2.16. The van der Waals surface area contributed by atoms with Crippen molar-refractivity contribution in [1.82, 2.24) is 0 Å². The van der Waals surface area contributed by atoms with Crippen LogP contribution in [0.5, 0.6) is 0 Å². The van der Waals surface area contributed by atoms with Crippen LogP contribution >= 0.6 is 0 Å². The van der Waals surface area contributed by atoms with Gasteiger partial charge in [0.15, 0.2) is 0 Å². The molecule has 0 N–H and O–H groups in total. The highest BCUT2D eigenvalue weighted by molar-refractivity contribution is 5.75. The van der Waals surface area contributed by atoms with Crippen LogP contribution in [0, 0.1) is 5.92 Å². The fraction of sp³-hybridized carbons (Fsp3) is 0.667. The number of halogens is 1. The summed E-state index contributed by atoms with van der Waals surface area (Å²) in [4.78, 5) is 10.6. The van der Waals surface area contributed by atoms with Gasteiger partial charge in [0.05, 0.1) is 12.7 Å². The maximum atomic E-state index is 13.0. The Kier molecular flexibility index (Phi) is 2.42. The molecule has 1 aliphatic heterocycles. The van der Waals surface area contributed by atoms with E-state index in [0.717, 1.165) is 0 Å². The number of carbonyl (C=O) groups is 1. The summed E-state index contributed by atoms with van der Waals surface area (Å²) in [6, 6.07) is 0. The standard InChI is InChI=1S/C9H11FO3/c10-8-1-6(3-11)9-7(2-8)4-12-5-13-9/h1,3,7-9H,2,4-5H2. The molecule has 0 amide bonds. The van der Waals surface area contributed by atoms with Gasteiger partial charge in [0.25, 0.3) is 0 Å². The number of hydrogen-bond acceptors (Lipinski definition) is 3. The number of carbonyl (C=O) groups excluding carboxylic acids is 1. The Bertz CT molecular complexity index is 239. The van der Waals surface area contributed by atoms with Crippen LogP contribution in [0.4, 0.5) is 4.39 Å². The quantitative estimate of drug-likeness (QED) is 0.569. The zero-order chi connectivity index (χ0) is 9.26. The molecule has 13 heavy (non-hydrogen) atoms. The van der Waals surface area contributed by atoms with Gasteiger partial charge < -0.3 is 9.47 Å². The fourth-order valence-electron chi connectivity index (χ4n) is 1.87. The molecule has 0 aromatic carbocycles. The highest BCUT2D eigenvalue weighted by atomic mass is 19.1. The molecule has 1 heterocycles. The van der Waals surface area contributed by atoms with Crippen molar-refractivity contribution in [3.05, 3.63) is 11.6 Å². The summed E-state index contributed by atoms with van der Waals surface area (Å²) in [7, 11) is 0. The number of rotatable bonds is 1. The maximum absolute atomic E-state index is 13.0. The first-order chi connectivity index (χ1) is 6.31. The Labute approximate surface area is 75.5 Å². The first-order valence-electron chi connectivity index (χ1n) is 4.31. The summed E-state index contributed by atoms with van der Waals surface area (Å²) in [5.74, 6) is -0.00560. The molecule has 0 spiro atoms. The van der Waals surface area contributed by atoms with E-state index in [9.17, 15) is 9.18 Å². The van der Waals surface area contributed by atoms with E-state index in [2.05, 4.69) is 0 Å². The van der Waals surface area contributed by atoms with Gasteiger partial charge in [-0.2, -0.15) is 0 Å². The van der Waals surface area contributed by atoms with Crippen LogP contribution in [0.15, 0.2) is 11.6 Å². The Hall–Kier alpha value is -0.740. The monoisotopic (exact) mass is 186 g/mol. The van der Waals surface area contributed by atoms with Crippen LogP contribution in [0.2, 0.25) is 0 Å². The Morgan fingerprint density at radius 2 is 2.46 bits per heavy atom. The van der Waals surface area contributed by atoms with E-state index in [0.29, 0.717) is 24.9 Å². The van der Waals surface area contributed by atoms with Crippen molar-refractivity contribution in [3.63, 3.8) is 0 Å². The van der Waals surface area contributed by atoms with Gasteiger partial charge in [-0.3, -0.25) is 4.79 Å². The SMILES string of the molecule is O=CC1=CC(F)CC2COCOC12. The number of hydrogen-bond donors (Lipinski definition) is 0. The van der Waals surface area contributed by atoms with Crippen molar-refractivity contribution in [2.45, 2.75) is 18.7 Å². The molecule has 1 saturated heterocycles. The van der Waals surface area contributed by atoms with E-state index in [-0.39, 0.29) is 18.8 Å². The van der Waals surface area contributed by atoms with E-state index >= 15 is 0 Å². The van der Waals surface area contributed by atoms with Gasteiger partial charge in [-0.1, -0.05) is 0 Å². The lowest BCUT2D eigenvalue weighted by atomic mass is 9.85. The lowest BCUT2D eigenvalue weighted by Crippen LogP contribution is -2.40. The molecule has 0 bridgehead atoms. The number of alkyl halides is 1. The van der Waals surface area contributed by atoms with E-state index < -0.39 is 6.17 Å². The largest absolute Gasteiger partial charge is 0.355 e. The summed E-state index contributed by atoms with van der Waals surface area (Å²) in [6.45, 7) is 0.680. The molecule has 0 saturated carbocycles. The van der Waals surface area contributed by atoms with Gasteiger partial charge in [-0.05, 0) is 12.5 Å². The van der Waals surface area contributed by atoms with Gasteiger partial charge in [0.1, 0.15) is 19.3 Å². The van der Waals surface area contributed by atoms with E-state index in [1.54, 1.807) is 0 Å². The molecule has 0 radical (unpaired) electrons. The van der Waals surface area contributed by atoms with E-state index in [1.807, 2.05) is 0 Å². The van der Waals surface area contributed by atoms with Gasteiger partial charge in [-0.15, -0.1) is 0 Å². The Morgan fingerprint density at radius 3 is 3.23 bits per heavy atom. The number of ether oxygens (including phenoxy) is 2. The highest BCUT2D eigenvalue weighted by Crippen LogP contribution is 2.30. The van der Waals surface area contributed by atoms with Crippen molar-refractivity contribution in [1.29, 1.82) is 0 Å². The van der Waals surface area contributed by atoms with Crippen LogP contribution in [-0.2, 0) is 14.3 Å². The second-order valence-electron chi connectivity index (χ2n) is 3.37. The van der Waals surface area contributed by atoms with Crippen LogP contribution in [0.3, 0.4) is 0 Å². The van der Waals surface area contributed by atoms with Crippen molar-refractivity contribution >= 4 is 6.29 Å². The maximum Gasteiger partial charge on any atom is 0.148 e. The summed E-state index contributed by atoms with van der Waals surface area (Å²) >= 11 is 0. The van der Waals surface area contributed by atoms with Crippen molar-refractivity contribution < 1.29 is 18.7 Å². The van der Waals surface area contributed by atoms with Gasteiger partial charge in [-0.25, -0.2) is 4.39 Å². The minimum atomic E-state index is -1.04. The lowest BCUT2D eigenvalue weighted by Gasteiger charge is -2.35. The third kappa shape index (κ3) is 1.64. The van der Waals surface area contributed by atoms with Crippen molar-refractivity contribution in [3.8, 4) is 0 Å². The molecular formula is C9H11FO3. The normalized spacial score (nSPS) is 39.2. The fourth-order valence-corrected chi connectivity index (χ4v) is 1.87. The number of allylic oxidation sites excluding steroid dienone is 1. The molecule has 2 aliphatic rings. The van der Waals surface area contributed by atoms with E-state index in [4.69, 9.17) is 9.47 Å². The second-order valence-corrected chi connectivity index (χ2v) is 3.37. The molecule has 1 fully saturated rings. The molecule has 4 heteroatoms. The number of fused-ring (bicyclic) bond motifs is 1. The molecule has 3 unspecified atom stereocenters. The number of aldehydes is 1. The van der Waals surface area contributed by atoms with Crippen LogP contribution in [0.1, 0.15) is 6.42 Å². The van der Waals surface area contributed by atoms with Crippen molar-refractivity contribution in [2.24, 2.45) is 5.92 Å². The molecule has 1 aliphatic carbocycles. The lowest BCUT2D eigenvalue weighted by molar-refractivity contribution is -0.164. The van der Waals surface area contributed by atoms with Gasteiger partial charge >= 0.3 is 0 Å². The van der Waals surface area contributed by atoms with E-state index in [1.165, 1.54) is 6.08 Å². The Morgan fingerprint density at radius 1 is 1.62 bits per heavy atom. The van der Waals surface area contributed by atoms with Crippen LogP contribution in [0.25, 0.3) is 0 Å². The van der Waals surface area contributed by atoms with Crippen LogP contribution < -0.4 is 0 Å². The molecular weight excluding hydrogens is 175 g/mol. The first-order valence-corrected chi connectivity index (χ1v) is 4.31. The predicted octanol–water partition coefficient (Wildman–Crippen LogP) is 0.843. The smallest absolute Gasteiger partial charge is 0.148 e. The summed E-state index contributed by atoms with van der Waals surface area (Å²) < 4.78 is 23.3.